The largest absolute Gasteiger partial charge is 0.340 e. The monoisotopic (exact) mass is 640 g/mol. The van der Waals surface area contributed by atoms with Crippen LogP contribution in [0.3, 0.4) is 0 Å². The second-order valence-corrected chi connectivity index (χ2v) is 14.5. The molecule has 0 spiro atoms. The van der Waals surface area contributed by atoms with E-state index in [2.05, 4.69) is 10.0 Å². The molecule has 1 fully saturated rings. The van der Waals surface area contributed by atoms with Crippen LogP contribution < -0.4 is 10.0 Å². The first-order valence-electron chi connectivity index (χ1n) is 13.5. The van der Waals surface area contributed by atoms with Crippen LogP contribution in [0.4, 0.5) is 0 Å². The molecule has 0 bridgehead atoms. The predicted octanol–water partition coefficient (Wildman–Crippen LogP) is 4.04. The summed E-state index contributed by atoms with van der Waals surface area (Å²) in [5, 5.41) is 3.35. The van der Waals surface area contributed by atoms with Crippen LogP contribution in [0, 0.1) is 5.92 Å². The van der Waals surface area contributed by atoms with Gasteiger partial charge >= 0.3 is 0 Å². The third kappa shape index (κ3) is 7.70. The molecule has 3 amide bonds. The summed E-state index contributed by atoms with van der Waals surface area (Å²) >= 11 is 13.4. The van der Waals surface area contributed by atoms with Crippen molar-refractivity contribution in [2.75, 3.05) is 26.2 Å². The van der Waals surface area contributed by atoms with Crippen molar-refractivity contribution in [2.24, 2.45) is 5.92 Å². The van der Waals surface area contributed by atoms with Gasteiger partial charge in [-0.05, 0) is 49.3 Å². The van der Waals surface area contributed by atoms with E-state index in [1.165, 1.54) is 24.3 Å². The molecule has 2 N–H and O–H groups in total. The summed E-state index contributed by atoms with van der Waals surface area (Å²) in [7, 11) is -3.93. The maximum absolute atomic E-state index is 13.5. The summed E-state index contributed by atoms with van der Waals surface area (Å²) in [4.78, 5) is 43.4. The van der Waals surface area contributed by atoms with Gasteiger partial charge in [0.1, 0.15) is 11.3 Å². The summed E-state index contributed by atoms with van der Waals surface area (Å²) in [6.07, 6.45) is 3.54. The first-order chi connectivity index (χ1) is 19.4. The van der Waals surface area contributed by atoms with Gasteiger partial charge in [0.05, 0.1) is 10.9 Å². The third-order valence-corrected chi connectivity index (χ3v) is 10.8. The Balaban J connectivity index is 1.34. The number of hydrogen-bond donors (Lipinski definition) is 2. The summed E-state index contributed by atoms with van der Waals surface area (Å²) < 4.78 is 29.2. The molecular weight excluding hydrogens is 607 g/mol. The number of piperazine rings is 1. The van der Waals surface area contributed by atoms with Crippen molar-refractivity contribution in [3.63, 3.8) is 0 Å². The summed E-state index contributed by atoms with van der Waals surface area (Å²) in [5.41, 5.74) is 0. The summed E-state index contributed by atoms with van der Waals surface area (Å²) in [6.45, 7) is 6.52. The van der Waals surface area contributed by atoms with Crippen molar-refractivity contribution in [1.29, 1.82) is 0 Å². The lowest BCUT2D eigenvalue weighted by Gasteiger charge is -2.37. The molecule has 2 aliphatic rings. The minimum atomic E-state index is -3.93. The van der Waals surface area contributed by atoms with Gasteiger partial charge in [0.15, 0.2) is 0 Å². The number of benzene rings is 1. The molecule has 0 radical (unpaired) electrons. The molecule has 3 atom stereocenters. The second-order valence-electron chi connectivity index (χ2n) is 10.7. The second kappa shape index (κ2) is 13.2. The van der Waals surface area contributed by atoms with E-state index in [-0.39, 0.29) is 61.3 Å². The highest BCUT2D eigenvalue weighted by molar-refractivity contribution is 7.90. The Kier molecular flexibility index (Phi) is 10.2. The molecule has 222 valence electrons. The topological polar surface area (TPSA) is 116 Å². The van der Waals surface area contributed by atoms with Crippen LogP contribution in [0.5, 0.6) is 0 Å². The first-order valence-corrected chi connectivity index (χ1v) is 16.6. The van der Waals surface area contributed by atoms with Crippen molar-refractivity contribution in [1.82, 2.24) is 19.8 Å². The SMILES string of the molecule is CC(C)C[C@H](NC(=O)c1cc2ccccc2s1)C(=O)N1CCN(C(=O)[C@H](C)NS(=O)(=O)C2CC=C(Cl)C=C2Cl)CC1. The third-order valence-electron chi connectivity index (χ3n) is 7.06. The number of hydrogen-bond acceptors (Lipinski definition) is 6. The number of carbonyl (C=O) groups excluding carboxylic acids is 3. The average molecular weight is 642 g/mol. The minimum absolute atomic E-state index is 0.0900. The fourth-order valence-corrected chi connectivity index (χ4v) is 8.19. The number of thiophene rings is 1. The number of amides is 3. The Morgan fingerprint density at radius 1 is 1.02 bits per heavy atom. The van der Waals surface area contributed by atoms with Crippen molar-refractivity contribution >= 4 is 72.4 Å². The molecule has 1 aromatic heterocycles. The van der Waals surface area contributed by atoms with Crippen molar-refractivity contribution in [3.8, 4) is 0 Å². The first kappa shape index (κ1) is 31.5. The van der Waals surface area contributed by atoms with E-state index in [0.717, 1.165) is 10.1 Å². The molecule has 41 heavy (non-hydrogen) atoms. The van der Waals surface area contributed by atoms with Gasteiger partial charge in [-0.15, -0.1) is 11.3 Å². The van der Waals surface area contributed by atoms with Crippen LogP contribution >= 0.6 is 34.5 Å². The van der Waals surface area contributed by atoms with Crippen LogP contribution in [-0.4, -0.2) is 79.5 Å². The quantitative estimate of drug-likeness (QED) is 0.429. The molecule has 1 aliphatic carbocycles. The number of fused-ring (bicyclic) bond motifs is 1. The highest BCUT2D eigenvalue weighted by atomic mass is 35.5. The number of halogens is 2. The lowest BCUT2D eigenvalue weighted by molar-refractivity contribution is -0.141. The maximum Gasteiger partial charge on any atom is 0.262 e. The smallest absolute Gasteiger partial charge is 0.262 e. The van der Waals surface area contributed by atoms with Gasteiger partial charge in [-0.2, -0.15) is 0 Å². The Morgan fingerprint density at radius 3 is 2.27 bits per heavy atom. The fraction of sp³-hybridized carbons (Fsp3) is 0.464. The number of allylic oxidation sites excluding steroid dienone is 3. The number of rotatable bonds is 9. The zero-order valence-electron chi connectivity index (χ0n) is 23.1. The van der Waals surface area contributed by atoms with E-state index in [4.69, 9.17) is 23.2 Å². The molecule has 1 saturated heterocycles. The van der Waals surface area contributed by atoms with Crippen LogP contribution in [0.25, 0.3) is 10.1 Å². The molecule has 4 rings (SSSR count). The van der Waals surface area contributed by atoms with Crippen molar-refractivity contribution < 1.29 is 22.8 Å². The van der Waals surface area contributed by atoms with E-state index in [0.29, 0.717) is 16.3 Å². The molecule has 2 aromatic rings. The summed E-state index contributed by atoms with van der Waals surface area (Å²) in [5.74, 6) is -0.699. The Morgan fingerprint density at radius 2 is 1.66 bits per heavy atom. The predicted molar refractivity (Wildman–Crippen MR) is 163 cm³/mol. The molecule has 0 saturated carbocycles. The molecular formula is C28H34Cl2N4O5S2. The van der Waals surface area contributed by atoms with Gasteiger partial charge < -0.3 is 15.1 Å². The standard InChI is InChI=1S/C28H34Cl2N4O5S2/c1-17(2)14-22(31-26(35)24-15-19-6-4-5-7-23(19)40-24)28(37)34-12-10-33(11-13-34)27(36)18(3)32-41(38,39)25-9-8-20(29)16-21(25)30/h4-8,15-18,22,25,32H,9-14H2,1-3H3,(H,31,35)/t18-,22-,25?/m0/s1. The molecule has 1 aliphatic heterocycles. The highest BCUT2D eigenvalue weighted by Crippen LogP contribution is 2.28. The normalized spacial score (nSPS) is 19.5. The van der Waals surface area contributed by atoms with Crippen LogP contribution in [0.1, 0.15) is 43.3 Å². The van der Waals surface area contributed by atoms with Crippen LogP contribution in [0.15, 0.2) is 52.5 Å². The highest BCUT2D eigenvalue weighted by Gasteiger charge is 2.35. The number of nitrogens with one attached hydrogen (secondary N) is 2. The molecule has 9 nitrogen and oxygen atoms in total. The van der Waals surface area contributed by atoms with E-state index < -0.39 is 27.4 Å². The van der Waals surface area contributed by atoms with Crippen molar-refractivity contribution in [3.05, 3.63) is 57.4 Å². The van der Waals surface area contributed by atoms with E-state index in [1.54, 1.807) is 15.9 Å². The van der Waals surface area contributed by atoms with Crippen LogP contribution in [0.2, 0.25) is 0 Å². The van der Waals surface area contributed by atoms with E-state index in [1.807, 2.05) is 44.2 Å². The van der Waals surface area contributed by atoms with Gasteiger partial charge in [-0.3, -0.25) is 14.4 Å². The van der Waals surface area contributed by atoms with Gasteiger partial charge in [-0.25, -0.2) is 13.1 Å². The molecule has 1 unspecified atom stereocenters. The number of carbonyl (C=O) groups is 3. The lowest BCUT2D eigenvalue weighted by atomic mass is 10.0. The van der Waals surface area contributed by atoms with Gasteiger partial charge in [-0.1, -0.05) is 61.3 Å². The number of sulfonamides is 1. The summed E-state index contributed by atoms with van der Waals surface area (Å²) in [6, 6.07) is 7.86. The van der Waals surface area contributed by atoms with Gasteiger partial charge in [0, 0.05) is 40.9 Å². The van der Waals surface area contributed by atoms with E-state index in [9.17, 15) is 22.8 Å². The Bertz CT molecular complexity index is 1450. The van der Waals surface area contributed by atoms with Crippen LogP contribution in [-0.2, 0) is 19.6 Å². The maximum atomic E-state index is 13.5. The Labute approximate surface area is 254 Å². The molecule has 2 heterocycles. The molecule has 1 aromatic carbocycles. The van der Waals surface area contributed by atoms with Gasteiger partial charge in [0.2, 0.25) is 21.8 Å². The zero-order chi connectivity index (χ0) is 29.9. The lowest BCUT2D eigenvalue weighted by Crippen LogP contribution is -2.58. The fourth-order valence-electron chi connectivity index (χ4n) is 4.93. The molecule has 13 heteroatoms. The average Bonchev–Trinajstić information content (AvgIpc) is 3.36. The van der Waals surface area contributed by atoms with E-state index >= 15 is 0 Å². The van der Waals surface area contributed by atoms with Gasteiger partial charge in [0.25, 0.3) is 5.91 Å². The number of nitrogens with zero attached hydrogens (tertiary/aromatic N) is 2. The minimum Gasteiger partial charge on any atom is -0.340 e. The zero-order valence-corrected chi connectivity index (χ0v) is 26.2. The Hall–Kier alpha value is -2.44. The van der Waals surface area contributed by atoms with Crippen molar-refractivity contribution in [2.45, 2.75) is 50.9 Å².